The van der Waals surface area contributed by atoms with E-state index in [0.29, 0.717) is 6.61 Å². The van der Waals surface area contributed by atoms with Gasteiger partial charge in [0.1, 0.15) is 6.54 Å². The summed E-state index contributed by atoms with van der Waals surface area (Å²) >= 11 is 0. The molecule has 0 saturated carbocycles. The molecule has 0 unspecified atom stereocenters. The summed E-state index contributed by atoms with van der Waals surface area (Å²) in [4.78, 5) is 11.0. The van der Waals surface area contributed by atoms with Crippen molar-refractivity contribution in [2.75, 3.05) is 13.2 Å². The van der Waals surface area contributed by atoms with E-state index in [-0.39, 0.29) is 18.1 Å². The highest BCUT2D eigenvalue weighted by atomic mass is 16.5. The van der Waals surface area contributed by atoms with E-state index >= 15 is 0 Å². The minimum absolute atomic E-state index is 0.136. The number of nitrogens with zero attached hydrogens (tertiary/aromatic N) is 1. The Bertz CT molecular complexity index is 152. The molecule has 0 aromatic heterocycles. The molecule has 0 radical (unpaired) electrons. The Morgan fingerprint density at radius 3 is 2.33 bits per heavy atom. The van der Waals surface area contributed by atoms with Crippen LogP contribution in [-0.4, -0.2) is 29.7 Å². The SMILES string of the molecule is CCOC(=O)CN(N)C(C)(C)C. The molecule has 0 aliphatic heterocycles. The number of carbonyl (C=O) groups excluding carboxylic acids is 1. The van der Waals surface area contributed by atoms with Crippen LogP contribution in [0.15, 0.2) is 0 Å². The molecule has 0 aromatic rings. The lowest BCUT2D eigenvalue weighted by Gasteiger charge is -2.29. The maximum Gasteiger partial charge on any atom is 0.321 e. The molecular weight excluding hydrogens is 156 g/mol. The second-order valence-electron chi connectivity index (χ2n) is 3.60. The van der Waals surface area contributed by atoms with Crippen molar-refractivity contribution in [1.82, 2.24) is 5.01 Å². The van der Waals surface area contributed by atoms with Crippen LogP contribution >= 0.6 is 0 Å². The summed E-state index contributed by atoms with van der Waals surface area (Å²) in [5, 5.41) is 1.46. The number of hydrogen-bond donors (Lipinski definition) is 1. The van der Waals surface area contributed by atoms with E-state index in [1.165, 1.54) is 5.01 Å². The third-order valence-corrected chi connectivity index (χ3v) is 1.47. The zero-order valence-corrected chi connectivity index (χ0v) is 8.26. The Kier molecular flexibility index (Phi) is 4.20. The highest BCUT2D eigenvalue weighted by Gasteiger charge is 2.20. The van der Waals surface area contributed by atoms with Gasteiger partial charge in [-0.15, -0.1) is 0 Å². The summed E-state index contributed by atoms with van der Waals surface area (Å²) in [6.07, 6.45) is 0. The van der Waals surface area contributed by atoms with Gasteiger partial charge < -0.3 is 4.74 Å². The van der Waals surface area contributed by atoms with E-state index in [2.05, 4.69) is 0 Å². The maximum absolute atomic E-state index is 11.0. The van der Waals surface area contributed by atoms with E-state index in [0.717, 1.165) is 0 Å². The summed E-state index contributed by atoms with van der Waals surface area (Å²) in [5.41, 5.74) is -0.202. The van der Waals surface area contributed by atoms with Gasteiger partial charge in [0.2, 0.25) is 0 Å². The van der Waals surface area contributed by atoms with Gasteiger partial charge in [-0.1, -0.05) is 0 Å². The molecule has 0 amide bonds. The topological polar surface area (TPSA) is 55.6 Å². The Morgan fingerprint density at radius 1 is 1.50 bits per heavy atom. The monoisotopic (exact) mass is 174 g/mol. The number of rotatable bonds is 3. The highest BCUT2D eigenvalue weighted by Crippen LogP contribution is 2.07. The van der Waals surface area contributed by atoms with E-state index < -0.39 is 0 Å². The van der Waals surface area contributed by atoms with Crippen molar-refractivity contribution in [3.8, 4) is 0 Å². The largest absolute Gasteiger partial charge is 0.465 e. The summed E-state index contributed by atoms with van der Waals surface area (Å²) in [5.74, 6) is 5.33. The Labute approximate surface area is 73.6 Å². The average Bonchev–Trinajstić information content (AvgIpc) is 1.85. The number of hydrazine groups is 1. The lowest BCUT2D eigenvalue weighted by atomic mass is 10.1. The lowest BCUT2D eigenvalue weighted by Crippen LogP contribution is -2.49. The molecule has 0 rings (SSSR count). The molecule has 0 heterocycles. The van der Waals surface area contributed by atoms with Crippen LogP contribution < -0.4 is 5.84 Å². The zero-order chi connectivity index (χ0) is 9.78. The van der Waals surface area contributed by atoms with Crippen molar-refractivity contribution in [1.29, 1.82) is 0 Å². The van der Waals surface area contributed by atoms with Crippen molar-refractivity contribution in [2.24, 2.45) is 5.84 Å². The van der Waals surface area contributed by atoms with Crippen LogP contribution in [0.3, 0.4) is 0 Å². The van der Waals surface area contributed by atoms with Crippen LogP contribution in [0, 0.1) is 0 Å². The van der Waals surface area contributed by atoms with Crippen LogP contribution in [0.2, 0.25) is 0 Å². The second kappa shape index (κ2) is 4.42. The molecule has 0 aliphatic carbocycles. The van der Waals surface area contributed by atoms with Gasteiger partial charge in [0, 0.05) is 5.54 Å². The van der Waals surface area contributed by atoms with Gasteiger partial charge in [-0.2, -0.15) is 0 Å². The van der Waals surface area contributed by atoms with E-state index in [1.54, 1.807) is 6.92 Å². The van der Waals surface area contributed by atoms with E-state index in [9.17, 15) is 4.79 Å². The second-order valence-corrected chi connectivity index (χ2v) is 3.60. The number of ether oxygens (including phenoxy) is 1. The normalized spacial score (nSPS) is 11.8. The maximum atomic E-state index is 11.0. The molecular formula is C8H18N2O2. The van der Waals surface area contributed by atoms with Crippen LogP contribution in [0.25, 0.3) is 0 Å². The molecule has 0 saturated heterocycles. The van der Waals surface area contributed by atoms with Gasteiger partial charge in [-0.05, 0) is 27.7 Å². The number of nitrogens with two attached hydrogens (primary N) is 1. The first-order chi connectivity index (χ1) is 5.38. The summed E-state index contributed by atoms with van der Waals surface area (Å²) in [7, 11) is 0. The van der Waals surface area contributed by atoms with Crippen molar-refractivity contribution in [3.63, 3.8) is 0 Å². The van der Waals surface area contributed by atoms with E-state index in [4.69, 9.17) is 10.6 Å². The molecule has 0 fully saturated rings. The molecule has 4 nitrogen and oxygen atoms in total. The minimum atomic E-state index is -0.282. The van der Waals surface area contributed by atoms with Crippen LogP contribution in [0.5, 0.6) is 0 Å². The fourth-order valence-corrected chi connectivity index (χ4v) is 0.583. The van der Waals surface area contributed by atoms with Crippen molar-refractivity contribution < 1.29 is 9.53 Å². The number of esters is 1. The van der Waals surface area contributed by atoms with E-state index in [1.807, 2.05) is 20.8 Å². The fourth-order valence-electron chi connectivity index (χ4n) is 0.583. The van der Waals surface area contributed by atoms with Gasteiger partial charge in [-0.25, -0.2) is 5.01 Å². The standard InChI is InChI=1S/C8H18N2O2/c1-5-12-7(11)6-10(9)8(2,3)4/h5-6,9H2,1-4H3. The van der Waals surface area contributed by atoms with Crippen LogP contribution in [-0.2, 0) is 9.53 Å². The zero-order valence-electron chi connectivity index (χ0n) is 8.26. The van der Waals surface area contributed by atoms with Gasteiger partial charge in [0.25, 0.3) is 0 Å². The lowest BCUT2D eigenvalue weighted by molar-refractivity contribution is -0.145. The minimum Gasteiger partial charge on any atom is -0.465 e. The molecule has 12 heavy (non-hydrogen) atoms. The van der Waals surface area contributed by atoms with Crippen molar-refractivity contribution >= 4 is 5.97 Å². The van der Waals surface area contributed by atoms with Gasteiger partial charge in [-0.3, -0.25) is 10.6 Å². The predicted molar refractivity (Wildman–Crippen MR) is 47.3 cm³/mol. The summed E-state index contributed by atoms with van der Waals surface area (Å²) in [6.45, 7) is 8.12. The van der Waals surface area contributed by atoms with Gasteiger partial charge in [0.15, 0.2) is 0 Å². The summed E-state index contributed by atoms with van der Waals surface area (Å²) < 4.78 is 4.75. The molecule has 0 aromatic carbocycles. The molecule has 2 N–H and O–H groups in total. The molecule has 4 heteroatoms. The first-order valence-electron chi connectivity index (χ1n) is 4.06. The van der Waals surface area contributed by atoms with Crippen LogP contribution in [0.1, 0.15) is 27.7 Å². The fraction of sp³-hybridized carbons (Fsp3) is 0.875. The number of carbonyl (C=O) groups is 1. The molecule has 0 aliphatic rings. The quantitative estimate of drug-likeness (QED) is 0.385. The molecule has 72 valence electrons. The Balaban J connectivity index is 3.84. The molecule has 0 bridgehead atoms. The summed E-state index contributed by atoms with van der Waals surface area (Å²) in [6, 6.07) is 0. The first kappa shape index (κ1) is 11.4. The average molecular weight is 174 g/mol. The van der Waals surface area contributed by atoms with Crippen LogP contribution in [0.4, 0.5) is 0 Å². The Morgan fingerprint density at radius 2 is 2.00 bits per heavy atom. The van der Waals surface area contributed by atoms with Gasteiger partial charge in [0.05, 0.1) is 6.61 Å². The smallest absolute Gasteiger partial charge is 0.321 e. The third kappa shape index (κ3) is 4.31. The number of hydrogen-bond acceptors (Lipinski definition) is 4. The molecule has 0 atom stereocenters. The first-order valence-corrected chi connectivity index (χ1v) is 4.06. The molecule has 0 spiro atoms. The third-order valence-electron chi connectivity index (χ3n) is 1.47. The van der Waals surface area contributed by atoms with Gasteiger partial charge >= 0.3 is 5.97 Å². The van der Waals surface area contributed by atoms with Crippen molar-refractivity contribution in [3.05, 3.63) is 0 Å². The Hall–Kier alpha value is -0.610. The highest BCUT2D eigenvalue weighted by molar-refractivity contribution is 5.71. The predicted octanol–water partition coefficient (Wildman–Crippen LogP) is 0.524. The van der Waals surface area contributed by atoms with Crippen molar-refractivity contribution in [2.45, 2.75) is 33.2 Å².